The van der Waals surface area contributed by atoms with Crippen molar-refractivity contribution in [3.8, 4) is 5.75 Å². The van der Waals surface area contributed by atoms with Gasteiger partial charge in [0.2, 0.25) is 0 Å². The van der Waals surface area contributed by atoms with Crippen LogP contribution in [0.4, 0.5) is 0 Å². The Balaban J connectivity index is 2.88. The molecule has 0 radical (unpaired) electrons. The van der Waals surface area contributed by atoms with Gasteiger partial charge >= 0.3 is 0 Å². The standard InChI is InChI=1S/C16H28N2O/c1-5-13(4)18(6-2)16(12-17)14-8-10-15(11-9-14)19-7-3/h8-11,13,16H,5-7,12,17H2,1-4H3. The first-order chi connectivity index (χ1) is 9.17. The highest BCUT2D eigenvalue weighted by Crippen LogP contribution is 2.24. The molecule has 0 fully saturated rings. The third-order valence-corrected chi connectivity index (χ3v) is 3.72. The Morgan fingerprint density at radius 3 is 2.21 bits per heavy atom. The van der Waals surface area contributed by atoms with Crippen molar-refractivity contribution in [3.63, 3.8) is 0 Å². The van der Waals surface area contributed by atoms with Crippen LogP contribution < -0.4 is 10.5 Å². The zero-order valence-corrected chi connectivity index (χ0v) is 12.7. The Morgan fingerprint density at radius 2 is 1.79 bits per heavy atom. The molecule has 0 aromatic heterocycles. The van der Waals surface area contributed by atoms with E-state index < -0.39 is 0 Å². The number of rotatable bonds is 8. The van der Waals surface area contributed by atoms with Crippen LogP contribution in [0.2, 0.25) is 0 Å². The lowest BCUT2D eigenvalue weighted by Gasteiger charge is -2.35. The van der Waals surface area contributed by atoms with Crippen molar-refractivity contribution in [2.24, 2.45) is 5.73 Å². The fraction of sp³-hybridized carbons (Fsp3) is 0.625. The van der Waals surface area contributed by atoms with Crippen LogP contribution in [0.3, 0.4) is 0 Å². The summed E-state index contributed by atoms with van der Waals surface area (Å²) in [7, 11) is 0. The summed E-state index contributed by atoms with van der Waals surface area (Å²) in [5.41, 5.74) is 7.27. The van der Waals surface area contributed by atoms with Crippen LogP contribution in [0, 0.1) is 0 Å². The molecule has 0 bridgehead atoms. The highest BCUT2D eigenvalue weighted by atomic mass is 16.5. The van der Waals surface area contributed by atoms with Crippen molar-refractivity contribution < 1.29 is 4.74 Å². The summed E-state index contributed by atoms with van der Waals surface area (Å²) in [6, 6.07) is 9.17. The van der Waals surface area contributed by atoms with Gasteiger partial charge in [0.15, 0.2) is 0 Å². The van der Waals surface area contributed by atoms with Gasteiger partial charge in [-0.25, -0.2) is 0 Å². The molecule has 1 aromatic rings. The smallest absolute Gasteiger partial charge is 0.119 e. The van der Waals surface area contributed by atoms with Gasteiger partial charge in [0.25, 0.3) is 0 Å². The Morgan fingerprint density at radius 1 is 1.16 bits per heavy atom. The summed E-state index contributed by atoms with van der Waals surface area (Å²) in [4.78, 5) is 2.47. The predicted molar refractivity (Wildman–Crippen MR) is 81.5 cm³/mol. The first kappa shape index (κ1) is 16.0. The summed E-state index contributed by atoms with van der Waals surface area (Å²) in [6.45, 7) is 11.0. The van der Waals surface area contributed by atoms with Gasteiger partial charge in [-0.3, -0.25) is 4.90 Å². The van der Waals surface area contributed by atoms with Crippen LogP contribution in [0.1, 0.15) is 45.7 Å². The van der Waals surface area contributed by atoms with Crippen LogP contribution in [0.15, 0.2) is 24.3 Å². The molecule has 2 N–H and O–H groups in total. The number of hydrogen-bond acceptors (Lipinski definition) is 3. The van der Waals surface area contributed by atoms with Gasteiger partial charge in [0.05, 0.1) is 6.61 Å². The lowest BCUT2D eigenvalue weighted by Crippen LogP contribution is -2.39. The Hall–Kier alpha value is -1.06. The van der Waals surface area contributed by atoms with Gasteiger partial charge in [-0.05, 0) is 44.5 Å². The van der Waals surface area contributed by atoms with Crippen molar-refractivity contribution in [1.29, 1.82) is 0 Å². The van der Waals surface area contributed by atoms with Crippen molar-refractivity contribution in [3.05, 3.63) is 29.8 Å². The molecular formula is C16H28N2O. The quantitative estimate of drug-likeness (QED) is 0.783. The van der Waals surface area contributed by atoms with Gasteiger partial charge in [0, 0.05) is 18.6 Å². The summed E-state index contributed by atoms with van der Waals surface area (Å²) < 4.78 is 5.48. The van der Waals surface area contributed by atoms with Crippen LogP contribution >= 0.6 is 0 Å². The molecule has 3 nitrogen and oxygen atoms in total. The minimum atomic E-state index is 0.288. The topological polar surface area (TPSA) is 38.5 Å². The van der Waals surface area contributed by atoms with Gasteiger partial charge in [-0.2, -0.15) is 0 Å². The van der Waals surface area contributed by atoms with E-state index in [1.807, 2.05) is 19.1 Å². The van der Waals surface area contributed by atoms with Crippen LogP contribution in [0.5, 0.6) is 5.75 Å². The average molecular weight is 264 g/mol. The molecule has 0 saturated heterocycles. The number of nitrogens with two attached hydrogens (primary N) is 1. The summed E-state index contributed by atoms with van der Waals surface area (Å²) in [5, 5.41) is 0. The van der Waals surface area contributed by atoms with Crippen LogP contribution in [0.25, 0.3) is 0 Å². The zero-order chi connectivity index (χ0) is 14.3. The molecule has 0 amide bonds. The molecule has 0 spiro atoms. The molecule has 0 saturated carbocycles. The number of hydrogen-bond donors (Lipinski definition) is 1. The van der Waals surface area contributed by atoms with Crippen molar-refractivity contribution in [2.45, 2.75) is 46.2 Å². The molecule has 0 aliphatic heterocycles. The van der Waals surface area contributed by atoms with E-state index in [4.69, 9.17) is 10.5 Å². The summed E-state index contributed by atoms with van der Waals surface area (Å²) in [6.07, 6.45) is 1.14. The Kier molecular flexibility index (Phi) is 6.89. The zero-order valence-electron chi connectivity index (χ0n) is 12.7. The fourth-order valence-corrected chi connectivity index (χ4v) is 2.49. The molecule has 3 heteroatoms. The van der Waals surface area contributed by atoms with Gasteiger partial charge in [-0.1, -0.05) is 26.0 Å². The Bertz CT molecular complexity index is 350. The minimum Gasteiger partial charge on any atom is -0.494 e. The fourth-order valence-electron chi connectivity index (χ4n) is 2.49. The van der Waals surface area contributed by atoms with E-state index in [-0.39, 0.29) is 6.04 Å². The first-order valence-electron chi connectivity index (χ1n) is 7.36. The SMILES string of the molecule is CCOc1ccc(C(CN)N(CC)C(C)CC)cc1. The molecule has 0 aliphatic carbocycles. The molecule has 2 atom stereocenters. The highest BCUT2D eigenvalue weighted by molar-refractivity contribution is 5.29. The third kappa shape index (κ3) is 4.22. The average Bonchev–Trinajstić information content (AvgIpc) is 2.45. The lowest BCUT2D eigenvalue weighted by atomic mass is 10.0. The van der Waals surface area contributed by atoms with E-state index in [1.54, 1.807) is 0 Å². The largest absolute Gasteiger partial charge is 0.494 e. The number of ether oxygens (including phenoxy) is 1. The monoisotopic (exact) mass is 264 g/mol. The second-order valence-electron chi connectivity index (χ2n) is 4.84. The van der Waals surface area contributed by atoms with Gasteiger partial charge < -0.3 is 10.5 Å². The van der Waals surface area contributed by atoms with E-state index in [0.717, 1.165) is 18.7 Å². The molecule has 1 rings (SSSR count). The minimum absolute atomic E-state index is 0.288. The predicted octanol–water partition coefficient (Wildman–Crippen LogP) is 3.21. The molecule has 0 aliphatic rings. The molecule has 1 aromatic carbocycles. The molecular weight excluding hydrogens is 236 g/mol. The van der Waals surface area contributed by atoms with Crippen molar-refractivity contribution >= 4 is 0 Å². The summed E-state index contributed by atoms with van der Waals surface area (Å²) in [5.74, 6) is 0.925. The second kappa shape index (κ2) is 8.18. The highest BCUT2D eigenvalue weighted by Gasteiger charge is 2.21. The van der Waals surface area contributed by atoms with E-state index in [0.29, 0.717) is 19.2 Å². The number of benzene rings is 1. The normalized spacial score (nSPS) is 14.4. The van der Waals surface area contributed by atoms with Gasteiger partial charge in [-0.15, -0.1) is 0 Å². The maximum absolute atomic E-state index is 6.00. The molecule has 108 valence electrons. The van der Waals surface area contributed by atoms with Crippen molar-refractivity contribution in [1.82, 2.24) is 4.90 Å². The van der Waals surface area contributed by atoms with E-state index >= 15 is 0 Å². The van der Waals surface area contributed by atoms with Crippen LogP contribution in [-0.2, 0) is 0 Å². The second-order valence-corrected chi connectivity index (χ2v) is 4.84. The third-order valence-electron chi connectivity index (χ3n) is 3.72. The molecule has 0 heterocycles. The molecule has 19 heavy (non-hydrogen) atoms. The van der Waals surface area contributed by atoms with E-state index in [9.17, 15) is 0 Å². The molecule has 2 unspecified atom stereocenters. The summed E-state index contributed by atoms with van der Waals surface area (Å²) >= 11 is 0. The maximum atomic E-state index is 6.00. The Labute approximate surface area is 117 Å². The number of nitrogens with zero attached hydrogens (tertiary/aromatic N) is 1. The lowest BCUT2D eigenvalue weighted by molar-refractivity contribution is 0.152. The first-order valence-corrected chi connectivity index (χ1v) is 7.36. The number of likely N-dealkylation sites (N-methyl/N-ethyl adjacent to an activating group) is 1. The van der Waals surface area contributed by atoms with Gasteiger partial charge in [0.1, 0.15) is 5.75 Å². The van der Waals surface area contributed by atoms with E-state index in [1.165, 1.54) is 5.56 Å². The van der Waals surface area contributed by atoms with Crippen LogP contribution in [-0.4, -0.2) is 30.6 Å². The van der Waals surface area contributed by atoms with E-state index in [2.05, 4.69) is 37.8 Å². The van der Waals surface area contributed by atoms with Crippen molar-refractivity contribution in [2.75, 3.05) is 19.7 Å². The maximum Gasteiger partial charge on any atom is 0.119 e.